The van der Waals surface area contributed by atoms with E-state index >= 15 is 0 Å². The van der Waals surface area contributed by atoms with Crippen molar-refractivity contribution < 1.29 is 9.47 Å². The number of nitrogens with two attached hydrogens (primary N) is 1. The Bertz CT molecular complexity index is 375. The second kappa shape index (κ2) is 6.12. The molecular formula is C12H18N2O2. The van der Waals surface area contributed by atoms with E-state index < -0.39 is 0 Å². The molecule has 0 fully saturated rings. The van der Waals surface area contributed by atoms with Crippen LogP contribution in [0.15, 0.2) is 23.3 Å². The fraction of sp³-hybridized carbons (Fsp3) is 0.417. The predicted octanol–water partition coefficient (Wildman–Crippen LogP) is 1.91. The largest absolute Gasteiger partial charge is 0.496 e. The SMILES string of the molecule is CCOCc1cc(/C(C)=N/N)ccc1OC. The van der Waals surface area contributed by atoms with Gasteiger partial charge in [0.25, 0.3) is 0 Å². The van der Waals surface area contributed by atoms with Gasteiger partial charge in [0.1, 0.15) is 5.75 Å². The van der Waals surface area contributed by atoms with E-state index in [1.54, 1.807) is 7.11 Å². The highest BCUT2D eigenvalue weighted by Crippen LogP contribution is 2.21. The number of methoxy groups -OCH3 is 1. The number of hydrogen-bond acceptors (Lipinski definition) is 4. The van der Waals surface area contributed by atoms with E-state index in [9.17, 15) is 0 Å². The van der Waals surface area contributed by atoms with Gasteiger partial charge in [0, 0.05) is 12.2 Å². The van der Waals surface area contributed by atoms with E-state index in [1.807, 2.05) is 32.0 Å². The first-order valence-corrected chi connectivity index (χ1v) is 5.22. The Morgan fingerprint density at radius 1 is 1.44 bits per heavy atom. The Labute approximate surface area is 96.1 Å². The summed E-state index contributed by atoms with van der Waals surface area (Å²) in [6, 6.07) is 5.82. The minimum Gasteiger partial charge on any atom is -0.496 e. The summed E-state index contributed by atoms with van der Waals surface area (Å²) in [5.41, 5.74) is 2.78. The number of hydrogen-bond donors (Lipinski definition) is 1. The van der Waals surface area contributed by atoms with Crippen LogP contribution in [0.3, 0.4) is 0 Å². The van der Waals surface area contributed by atoms with Crippen molar-refractivity contribution in [3.63, 3.8) is 0 Å². The fourth-order valence-electron chi connectivity index (χ4n) is 1.40. The van der Waals surface area contributed by atoms with Crippen molar-refractivity contribution in [3.05, 3.63) is 29.3 Å². The lowest BCUT2D eigenvalue weighted by molar-refractivity contribution is 0.132. The number of hydrazone groups is 1. The highest BCUT2D eigenvalue weighted by atomic mass is 16.5. The molecule has 0 unspecified atom stereocenters. The summed E-state index contributed by atoms with van der Waals surface area (Å²) in [5.74, 6) is 6.07. The third-order valence-electron chi connectivity index (χ3n) is 2.35. The van der Waals surface area contributed by atoms with Gasteiger partial charge in [-0.05, 0) is 37.6 Å². The van der Waals surface area contributed by atoms with E-state index in [-0.39, 0.29) is 0 Å². The highest BCUT2D eigenvalue weighted by molar-refractivity contribution is 5.98. The van der Waals surface area contributed by atoms with Crippen LogP contribution in [0.25, 0.3) is 0 Å². The normalized spacial score (nSPS) is 11.6. The topological polar surface area (TPSA) is 56.8 Å². The fourth-order valence-corrected chi connectivity index (χ4v) is 1.40. The second-order valence-electron chi connectivity index (χ2n) is 3.38. The standard InChI is InChI=1S/C12H18N2O2/c1-4-16-8-11-7-10(9(2)14-13)5-6-12(11)15-3/h5-7H,4,8,13H2,1-3H3/b14-9+. The maximum atomic E-state index is 5.38. The molecule has 1 aromatic rings. The molecule has 0 aliphatic carbocycles. The average molecular weight is 222 g/mol. The molecule has 4 nitrogen and oxygen atoms in total. The third kappa shape index (κ3) is 2.97. The van der Waals surface area contributed by atoms with Gasteiger partial charge in [0.2, 0.25) is 0 Å². The minimum atomic E-state index is 0.533. The van der Waals surface area contributed by atoms with Crippen molar-refractivity contribution in [1.82, 2.24) is 0 Å². The van der Waals surface area contributed by atoms with Gasteiger partial charge in [-0.1, -0.05) is 0 Å². The first kappa shape index (κ1) is 12.5. The van der Waals surface area contributed by atoms with Crippen molar-refractivity contribution in [2.75, 3.05) is 13.7 Å². The molecule has 0 aliphatic rings. The molecule has 0 aromatic heterocycles. The third-order valence-corrected chi connectivity index (χ3v) is 2.35. The van der Waals surface area contributed by atoms with Crippen molar-refractivity contribution >= 4 is 5.71 Å². The molecule has 88 valence electrons. The molecular weight excluding hydrogens is 204 g/mol. The maximum absolute atomic E-state index is 5.38. The molecule has 0 saturated carbocycles. The van der Waals surface area contributed by atoms with Gasteiger partial charge in [-0.2, -0.15) is 5.10 Å². The Morgan fingerprint density at radius 3 is 2.75 bits per heavy atom. The van der Waals surface area contributed by atoms with Crippen LogP contribution in [-0.2, 0) is 11.3 Å². The first-order chi connectivity index (χ1) is 7.72. The molecule has 0 aliphatic heterocycles. The van der Waals surface area contributed by atoms with E-state index in [4.69, 9.17) is 15.3 Å². The Morgan fingerprint density at radius 2 is 2.19 bits per heavy atom. The molecule has 4 heteroatoms. The maximum Gasteiger partial charge on any atom is 0.124 e. The molecule has 0 heterocycles. The van der Waals surface area contributed by atoms with Crippen LogP contribution in [-0.4, -0.2) is 19.4 Å². The van der Waals surface area contributed by atoms with Crippen molar-refractivity contribution in [2.45, 2.75) is 20.5 Å². The van der Waals surface area contributed by atoms with Crippen LogP contribution >= 0.6 is 0 Å². The summed E-state index contributed by atoms with van der Waals surface area (Å²) < 4.78 is 10.6. The summed E-state index contributed by atoms with van der Waals surface area (Å²) >= 11 is 0. The van der Waals surface area contributed by atoms with Crippen molar-refractivity contribution in [2.24, 2.45) is 10.9 Å². The highest BCUT2D eigenvalue weighted by Gasteiger charge is 2.06. The quantitative estimate of drug-likeness (QED) is 0.470. The summed E-state index contributed by atoms with van der Waals surface area (Å²) in [6.07, 6.45) is 0. The summed E-state index contributed by atoms with van der Waals surface area (Å²) in [6.45, 7) is 5.04. The van der Waals surface area contributed by atoms with Gasteiger partial charge in [-0.25, -0.2) is 0 Å². The summed E-state index contributed by atoms with van der Waals surface area (Å²) in [4.78, 5) is 0. The summed E-state index contributed by atoms with van der Waals surface area (Å²) in [5, 5.41) is 3.67. The molecule has 0 bridgehead atoms. The zero-order valence-electron chi connectivity index (χ0n) is 9.99. The molecule has 0 spiro atoms. The van der Waals surface area contributed by atoms with Gasteiger partial charge in [-0.15, -0.1) is 0 Å². The summed E-state index contributed by atoms with van der Waals surface area (Å²) in [7, 11) is 1.65. The number of benzene rings is 1. The smallest absolute Gasteiger partial charge is 0.124 e. The molecule has 0 atom stereocenters. The van der Waals surface area contributed by atoms with E-state index in [0.717, 1.165) is 22.6 Å². The lowest BCUT2D eigenvalue weighted by Crippen LogP contribution is -2.02. The number of rotatable bonds is 5. The average Bonchev–Trinajstić information content (AvgIpc) is 2.34. The Balaban J connectivity index is 3.01. The molecule has 1 rings (SSSR count). The second-order valence-corrected chi connectivity index (χ2v) is 3.38. The van der Waals surface area contributed by atoms with Gasteiger partial charge in [-0.3, -0.25) is 0 Å². The van der Waals surface area contributed by atoms with E-state index in [1.165, 1.54) is 0 Å². The van der Waals surface area contributed by atoms with Crippen LogP contribution < -0.4 is 10.6 Å². The Hall–Kier alpha value is -1.55. The van der Waals surface area contributed by atoms with Gasteiger partial charge in [0.05, 0.1) is 19.4 Å². The zero-order valence-corrected chi connectivity index (χ0v) is 9.99. The molecule has 1 aromatic carbocycles. The van der Waals surface area contributed by atoms with E-state index in [0.29, 0.717) is 13.2 Å². The number of ether oxygens (including phenoxy) is 2. The van der Waals surface area contributed by atoms with Crippen LogP contribution in [0.5, 0.6) is 5.75 Å². The lowest BCUT2D eigenvalue weighted by Gasteiger charge is -2.10. The van der Waals surface area contributed by atoms with Crippen LogP contribution in [0.1, 0.15) is 25.0 Å². The first-order valence-electron chi connectivity index (χ1n) is 5.22. The van der Waals surface area contributed by atoms with Crippen LogP contribution in [0.4, 0.5) is 0 Å². The minimum absolute atomic E-state index is 0.533. The number of nitrogens with zero attached hydrogens (tertiary/aromatic N) is 1. The van der Waals surface area contributed by atoms with Crippen LogP contribution in [0, 0.1) is 0 Å². The van der Waals surface area contributed by atoms with Crippen molar-refractivity contribution in [1.29, 1.82) is 0 Å². The molecule has 0 saturated heterocycles. The van der Waals surface area contributed by atoms with E-state index in [2.05, 4.69) is 5.10 Å². The predicted molar refractivity (Wildman–Crippen MR) is 64.7 cm³/mol. The van der Waals surface area contributed by atoms with Crippen LogP contribution in [0.2, 0.25) is 0 Å². The van der Waals surface area contributed by atoms with Gasteiger partial charge < -0.3 is 15.3 Å². The molecule has 16 heavy (non-hydrogen) atoms. The van der Waals surface area contributed by atoms with Gasteiger partial charge >= 0.3 is 0 Å². The zero-order chi connectivity index (χ0) is 12.0. The lowest BCUT2D eigenvalue weighted by atomic mass is 10.1. The molecule has 0 amide bonds. The van der Waals surface area contributed by atoms with Crippen molar-refractivity contribution in [3.8, 4) is 5.75 Å². The van der Waals surface area contributed by atoms with Gasteiger partial charge in [0.15, 0.2) is 0 Å². The monoisotopic (exact) mass is 222 g/mol. The Kier molecular flexibility index (Phi) is 4.79. The molecule has 2 N–H and O–H groups in total. The molecule has 0 radical (unpaired) electrons.